The van der Waals surface area contributed by atoms with E-state index in [-0.39, 0.29) is 17.8 Å². The van der Waals surface area contributed by atoms with E-state index in [2.05, 4.69) is 10.3 Å². The van der Waals surface area contributed by atoms with Gasteiger partial charge in [0.2, 0.25) is 0 Å². The van der Waals surface area contributed by atoms with Crippen molar-refractivity contribution in [3.8, 4) is 11.3 Å². The number of hydrogen-bond donors (Lipinski definition) is 1. The van der Waals surface area contributed by atoms with Crippen LogP contribution >= 0.6 is 0 Å². The first-order chi connectivity index (χ1) is 15.8. The van der Waals surface area contributed by atoms with E-state index >= 15 is 0 Å². The highest BCUT2D eigenvalue weighted by Gasteiger charge is 2.29. The van der Waals surface area contributed by atoms with Gasteiger partial charge in [0, 0.05) is 54.0 Å². The zero-order chi connectivity index (χ0) is 23.4. The van der Waals surface area contributed by atoms with E-state index in [1.165, 1.54) is 12.1 Å². The summed E-state index contributed by atoms with van der Waals surface area (Å²) in [6.07, 6.45) is 4.98. The normalized spacial score (nSPS) is 16.4. The summed E-state index contributed by atoms with van der Waals surface area (Å²) in [5.74, 6) is -0.238. The van der Waals surface area contributed by atoms with Crippen molar-refractivity contribution < 1.29 is 13.9 Å². The number of benzene rings is 1. The molecule has 0 aliphatic carbocycles. The molecule has 3 aromatic rings. The Morgan fingerprint density at radius 1 is 1.15 bits per heavy atom. The Hall–Kier alpha value is -3.48. The maximum atomic E-state index is 13.7. The molecule has 1 amide bonds. The number of nitrogens with zero attached hydrogens (tertiary/aromatic N) is 3. The van der Waals surface area contributed by atoms with Crippen molar-refractivity contribution in [2.24, 2.45) is 0 Å². The van der Waals surface area contributed by atoms with Crippen LogP contribution in [0.15, 0.2) is 60.9 Å². The predicted octanol–water partition coefficient (Wildman–Crippen LogP) is 6.14. The maximum Gasteiger partial charge on any atom is 0.410 e. The summed E-state index contributed by atoms with van der Waals surface area (Å²) in [5.41, 5.74) is 3.46. The first kappa shape index (κ1) is 22.7. The van der Waals surface area contributed by atoms with Gasteiger partial charge in [-0.1, -0.05) is 6.07 Å². The number of aromatic nitrogens is 2. The number of ether oxygens (including phenoxy) is 1. The van der Waals surface area contributed by atoms with Crippen LogP contribution in [0.5, 0.6) is 0 Å². The minimum atomic E-state index is -0.537. The lowest BCUT2D eigenvalue weighted by atomic mass is 9.93. The minimum absolute atomic E-state index is 0.0657. The largest absolute Gasteiger partial charge is 0.444 e. The average molecular weight is 449 g/mol. The quantitative estimate of drug-likeness (QED) is 0.519. The van der Waals surface area contributed by atoms with Crippen LogP contribution in [-0.4, -0.2) is 39.7 Å². The van der Waals surface area contributed by atoms with E-state index in [4.69, 9.17) is 9.72 Å². The lowest BCUT2D eigenvalue weighted by Crippen LogP contribution is -2.42. The SMILES string of the molecule is CC(C)(C)OC(=O)N1CCCC(c2cc(Nc3cccc(F)c3)cc(-c3cccnc3)n2)C1. The van der Waals surface area contributed by atoms with Gasteiger partial charge in [0.1, 0.15) is 11.4 Å². The van der Waals surface area contributed by atoms with Crippen LogP contribution in [0, 0.1) is 5.82 Å². The lowest BCUT2D eigenvalue weighted by molar-refractivity contribution is 0.0197. The number of pyridine rings is 2. The van der Waals surface area contributed by atoms with Crippen molar-refractivity contribution in [2.75, 3.05) is 18.4 Å². The van der Waals surface area contributed by atoms with Gasteiger partial charge in [0.15, 0.2) is 0 Å². The van der Waals surface area contributed by atoms with Crippen LogP contribution in [0.1, 0.15) is 45.2 Å². The first-order valence-electron chi connectivity index (χ1n) is 11.2. The summed E-state index contributed by atoms with van der Waals surface area (Å²) in [5, 5.41) is 3.29. The maximum absolute atomic E-state index is 13.7. The molecule has 0 radical (unpaired) electrons. The number of amides is 1. The number of likely N-dealkylation sites (tertiary alicyclic amines) is 1. The first-order valence-corrected chi connectivity index (χ1v) is 11.2. The smallest absolute Gasteiger partial charge is 0.410 e. The topological polar surface area (TPSA) is 67.3 Å². The summed E-state index contributed by atoms with van der Waals surface area (Å²) in [6, 6.07) is 14.1. The van der Waals surface area contributed by atoms with Gasteiger partial charge in [-0.05, 0) is 76.1 Å². The molecule has 1 atom stereocenters. The van der Waals surface area contributed by atoms with Gasteiger partial charge in [0.25, 0.3) is 0 Å². The van der Waals surface area contributed by atoms with E-state index in [1.54, 1.807) is 23.4 Å². The van der Waals surface area contributed by atoms with Crippen LogP contribution < -0.4 is 5.32 Å². The number of carbonyl (C=O) groups is 1. The molecule has 6 nitrogen and oxygen atoms in total. The number of halogens is 1. The minimum Gasteiger partial charge on any atom is -0.444 e. The van der Waals surface area contributed by atoms with E-state index in [0.717, 1.165) is 35.5 Å². The monoisotopic (exact) mass is 448 g/mol. The van der Waals surface area contributed by atoms with E-state index in [0.29, 0.717) is 18.8 Å². The summed E-state index contributed by atoms with van der Waals surface area (Å²) < 4.78 is 19.3. The summed E-state index contributed by atoms with van der Waals surface area (Å²) in [6.45, 7) is 6.82. The Balaban J connectivity index is 1.64. The number of anilines is 2. The summed E-state index contributed by atoms with van der Waals surface area (Å²) in [4.78, 5) is 23.5. The number of rotatable bonds is 4. The third kappa shape index (κ3) is 6.06. The van der Waals surface area contributed by atoms with Crippen molar-refractivity contribution in [3.05, 3.63) is 72.4 Å². The van der Waals surface area contributed by atoms with Gasteiger partial charge in [0.05, 0.1) is 5.69 Å². The van der Waals surface area contributed by atoms with Crippen molar-refractivity contribution in [1.82, 2.24) is 14.9 Å². The molecule has 1 saturated heterocycles. The molecule has 1 N–H and O–H groups in total. The van der Waals surface area contributed by atoms with Crippen molar-refractivity contribution in [1.29, 1.82) is 0 Å². The van der Waals surface area contributed by atoms with E-state index in [1.807, 2.05) is 51.1 Å². The van der Waals surface area contributed by atoms with Crippen molar-refractivity contribution in [2.45, 2.75) is 45.1 Å². The van der Waals surface area contributed by atoms with Crippen LogP contribution in [0.3, 0.4) is 0 Å². The molecular weight excluding hydrogens is 419 g/mol. The molecule has 3 heterocycles. The van der Waals surface area contributed by atoms with Gasteiger partial charge in [-0.2, -0.15) is 0 Å². The Morgan fingerprint density at radius 3 is 2.73 bits per heavy atom. The third-order valence-electron chi connectivity index (χ3n) is 5.41. The van der Waals surface area contributed by atoms with Crippen molar-refractivity contribution >= 4 is 17.5 Å². The standard InChI is InChI=1S/C26H29FN4O2/c1-26(2,3)33-25(32)31-12-6-8-19(17-31)24-15-22(29-21-10-4-9-20(27)13-21)14-23(30-24)18-7-5-11-28-16-18/h4-5,7,9-11,13-16,19H,6,8,12,17H2,1-3H3,(H,29,30). The summed E-state index contributed by atoms with van der Waals surface area (Å²) in [7, 11) is 0. The molecule has 0 bridgehead atoms. The fourth-order valence-corrected chi connectivity index (χ4v) is 3.94. The van der Waals surface area contributed by atoms with Gasteiger partial charge in [-0.15, -0.1) is 0 Å². The second kappa shape index (κ2) is 9.57. The molecule has 33 heavy (non-hydrogen) atoms. The molecule has 1 aliphatic heterocycles. The molecule has 4 rings (SSSR count). The Bertz CT molecular complexity index is 1110. The summed E-state index contributed by atoms with van der Waals surface area (Å²) >= 11 is 0. The van der Waals surface area contributed by atoms with Gasteiger partial charge < -0.3 is 15.0 Å². The fourth-order valence-electron chi connectivity index (χ4n) is 3.94. The Morgan fingerprint density at radius 2 is 2.00 bits per heavy atom. The Kier molecular flexibility index (Phi) is 6.58. The van der Waals surface area contributed by atoms with Gasteiger partial charge in [-0.3, -0.25) is 9.97 Å². The molecule has 1 aromatic carbocycles. The average Bonchev–Trinajstić information content (AvgIpc) is 2.78. The number of carbonyl (C=O) groups excluding carboxylic acids is 1. The predicted molar refractivity (Wildman–Crippen MR) is 127 cm³/mol. The van der Waals surface area contributed by atoms with Crippen LogP contribution in [0.2, 0.25) is 0 Å². The van der Waals surface area contributed by atoms with Crippen LogP contribution in [-0.2, 0) is 4.74 Å². The highest BCUT2D eigenvalue weighted by Crippen LogP contribution is 2.32. The molecule has 0 spiro atoms. The highest BCUT2D eigenvalue weighted by atomic mass is 19.1. The fraction of sp³-hybridized carbons (Fsp3) is 0.346. The second-order valence-corrected chi connectivity index (χ2v) is 9.31. The van der Waals surface area contributed by atoms with E-state index < -0.39 is 5.60 Å². The van der Waals surface area contributed by atoms with Crippen LogP contribution in [0.4, 0.5) is 20.6 Å². The lowest BCUT2D eigenvalue weighted by Gasteiger charge is -2.34. The third-order valence-corrected chi connectivity index (χ3v) is 5.41. The molecule has 1 unspecified atom stereocenters. The zero-order valence-electron chi connectivity index (χ0n) is 19.2. The van der Waals surface area contributed by atoms with E-state index in [9.17, 15) is 9.18 Å². The zero-order valence-corrected chi connectivity index (χ0v) is 19.2. The molecular formula is C26H29FN4O2. The molecule has 2 aromatic heterocycles. The van der Waals surface area contributed by atoms with Crippen molar-refractivity contribution in [3.63, 3.8) is 0 Å². The number of piperidine rings is 1. The molecule has 0 saturated carbocycles. The van der Waals surface area contributed by atoms with Gasteiger partial charge in [-0.25, -0.2) is 9.18 Å². The second-order valence-electron chi connectivity index (χ2n) is 9.31. The molecule has 1 fully saturated rings. The molecule has 1 aliphatic rings. The number of hydrogen-bond acceptors (Lipinski definition) is 5. The highest BCUT2D eigenvalue weighted by molar-refractivity contribution is 5.69. The Labute approximate surface area is 193 Å². The van der Waals surface area contributed by atoms with Crippen LogP contribution in [0.25, 0.3) is 11.3 Å². The number of nitrogens with one attached hydrogen (secondary N) is 1. The molecule has 172 valence electrons. The molecule has 7 heteroatoms. The van der Waals surface area contributed by atoms with Gasteiger partial charge >= 0.3 is 6.09 Å².